The number of amides is 2. The fourth-order valence-corrected chi connectivity index (χ4v) is 1.34. The number of carbonyl (C=O) groups excluding carboxylic acids is 2. The van der Waals surface area contributed by atoms with Gasteiger partial charge in [0.05, 0.1) is 12.2 Å². The fourth-order valence-electron chi connectivity index (χ4n) is 1.34. The molecule has 2 amide bonds. The zero-order chi connectivity index (χ0) is 13.0. The molecular formula is C10H16N4O3. The van der Waals surface area contributed by atoms with Gasteiger partial charge in [0.15, 0.2) is 0 Å². The molecular weight excluding hydrogens is 224 g/mol. The number of hydrogen-bond acceptors (Lipinski definition) is 4. The maximum Gasteiger partial charge on any atom is 0.248 e. The van der Waals surface area contributed by atoms with E-state index in [-0.39, 0.29) is 19.0 Å². The first-order valence-electron chi connectivity index (χ1n) is 5.15. The molecule has 1 rings (SSSR count). The van der Waals surface area contributed by atoms with E-state index in [1.807, 2.05) is 19.9 Å². The van der Waals surface area contributed by atoms with E-state index in [2.05, 4.69) is 10.4 Å². The average molecular weight is 240 g/mol. The smallest absolute Gasteiger partial charge is 0.248 e. The summed E-state index contributed by atoms with van der Waals surface area (Å²) in [7, 11) is 0. The molecule has 4 N–H and O–H groups in total. The maximum atomic E-state index is 11.5. The van der Waals surface area contributed by atoms with Crippen LogP contribution >= 0.6 is 0 Å². The molecule has 7 nitrogen and oxygen atoms in total. The molecule has 0 fully saturated rings. The molecule has 1 aromatic heterocycles. The van der Waals surface area contributed by atoms with Crippen molar-refractivity contribution in [3.63, 3.8) is 0 Å². The van der Waals surface area contributed by atoms with Crippen LogP contribution in [0.3, 0.4) is 0 Å². The molecule has 0 aromatic carbocycles. The lowest BCUT2D eigenvalue weighted by molar-refractivity contribution is -0.127. The molecule has 0 spiro atoms. The first-order chi connectivity index (χ1) is 7.90. The monoisotopic (exact) mass is 240 g/mol. The minimum absolute atomic E-state index is 0.0468. The zero-order valence-electron chi connectivity index (χ0n) is 9.80. The van der Waals surface area contributed by atoms with Crippen molar-refractivity contribution in [1.82, 2.24) is 15.1 Å². The molecule has 0 bridgehead atoms. The second-order valence-corrected chi connectivity index (χ2v) is 3.81. The van der Waals surface area contributed by atoms with Crippen molar-refractivity contribution in [3.05, 3.63) is 17.5 Å². The van der Waals surface area contributed by atoms with Gasteiger partial charge < -0.3 is 16.2 Å². The molecule has 94 valence electrons. The minimum Gasteiger partial charge on any atom is -0.381 e. The van der Waals surface area contributed by atoms with E-state index in [1.165, 1.54) is 0 Å². The van der Waals surface area contributed by atoms with E-state index in [9.17, 15) is 9.59 Å². The Morgan fingerprint density at radius 2 is 2.24 bits per heavy atom. The van der Waals surface area contributed by atoms with Gasteiger partial charge in [-0.3, -0.25) is 14.3 Å². The second-order valence-electron chi connectivity index (χ2n) is 3.81. The number of nitrogens with one attached hydrogen (secondary N) is 1. The molecule has 0 aliphatic carbocycles. The Kier molecular flexibility index (Phi) is 4.22. The van der Waals surface area contributed by atoms with Crippen molar-refractivity contribution >= 4 is 11.8 Å². The fraction of sp³-hybridized carbons (Fsp3) is 0.500. The third kappa shape index (κ3) is 3.87. The van der Waals surface area contributed by atoms with Gasteiger partial charge in [0.25, 0.3) is 0 Å². The summed E-state index contributed by atoms with van der Waals surface area (Å²) in [5.41, 5.74) is 6.54. The number of aliphatic hydroxyl groups is 1. The second kappa shape index (κ2) is 5.44. The van der Waals surface area contributed by atoms with Gasteiger partial charge in [-0.1, -0.05) is 0 Å². The molecule has 7 heteroatoms. The number of aliphatic hydroxyl groups excluding tert-OH is 1. The van der Waals surface area contributed by atoms with E-state index < -0.39 is 12.0 Å². The molecule has 1 heterocycles. The van der Waals surface area contributed by atoms with Crippen LogP contribution in [0.2, 0.25) is 0 Å². The van der Waals surface area contributed by atoms with E-state index in [0.29, 0.717) is 0 Å². The SMILES string of the molecule is Cc1cc(C)n(CC(=O)NCC(O)C(N)=O)n1. The summed E-state index contributed by atoms with van der Waals surface area (Å²) in [6.45, 7) is 3.53. The van der Waals surface area contributed by atoms with Crippen molar-refractivity contribution in [3.8, 4) is 0 Å². The maximum absolute atomic E-state index is 11.5. The first kappa shape index (κ1) is 13.2. The van der Waals surface area contributed by atoms with Gasteiger partial charge in [-0.05, 0) is 19.9 Å². The summed E-state index contributed by atoms with van der Waals surface area (Å²) in [5, 5.41) is 15.6. The van der Waals surface area contributed by atoms with Crippen molar-refractivity contribution < 1.29 is 14.7 Å². The highest BCUT2D eigenvalue weighted by Gasteiger charge is 2.13. The number of primary amides is 1. The van der Waals surface area contributed by atoms with Gasteiger partial charge in [-0.25, -0.2) is 0 Å². The molecule has 0 aliphatic rings. The summed E-state index contributed by atoms with van der Waals surface area (Å²) >= 11 is 0. The third-order valence-corrected chi connectivity index (χ3v) is 2.22. The summed E-state index contributed by atoms with van der Waals surface area (Å²) in [6.07, 6.45) is -1.36. The largest absolute Gasteiger partial charge is 0.381 e. The predicted octanol–water partition coefficient (Wildman–Crippen LogP) is -1.54. The number of nitrogens with zero attached hydrogens (tertiary/aromatic N) is 2. The van der Waals surface area contributed by atoms with Crippen LogP contribution < -0.4 is 11.1 Å². The summed E-state index contributed by atoms with van der Waals surface area (Å²) in [5.74, 6) is -1.20. The normalized spacial score (nSPS) is 12.2. The third-order valence-electron chi connectivity index (χ3n) is 2.22. The van der Waals surface area contributed by atoms with E-state index in [1.54, 1.807) is 4.68 Å². The number of aromatic nitrogens is 2. The van der Waals surface area contributed by atoms with Crippen LogP contribution in [0.1, 0.15) is 11.4 Å². The van der Waals surface area contributed by atoms with Gasteiger partial charge in [0, 0.05) is 5.69 Å². The Morgan fingerprint density at radius 3 is 2.71 bits per heavy atom. The van der Waals surface area contributed by atoms with Crippen LogP contribution in [0.4, 0.5) is 0 Å². The molecule has 1 unspecified atom stereocenters. The van der Waals surface area contributed by atoms with E-state index >= 15 is 0 Å². The summed E-state index contributed by atoms with van der Waals surface area (Å²) in [4.78, 5) is 22.0. The first-order valence-corrected chi connectivity index (χ1v) is 5.15. The molecule has 0 radical (unpaired) electrons. The van der Waals surface area contributed by atoms with Crippen molar-refractivity contribution in [1.29, 1.82) is 0 Å². The molecule has 0 saturated heterocycles. The number of aryl methyl sites for hydroxylation is 2. The van der Waals surface area contributed by atoms with Crippen LogP contribution in [0, 0.1) is 13.8 Å². The summed E-state index contributed by atoms with van der Waals surface area (Å²) < 4.78 is 1.54. The van der Waals surface area contributed by atoms with Crippen LogP contribution in [-0.4, -0.2) is 39.4 Å². The van der Waals surface area contributed by atoms with E-state index in [4.69, 9.17) is 10.8 Å². The Morgan fingerprint density at radius 1 is 1.59 bits per heavy atom. The van der Waals surface area contributed by atoms with Gasteiger partial charge in [-0.2, -0.15) is 5.10 Å². The van der Waals surface area contributed by atoms with E-state index in [0.717, 1.165) is 11.4 Å². The Bertz CT molecular complexity index is 427. The molecule has 0 saturated carbocycles. The van der Waals surface area contributed by atoms with Gasteiger partial charge in [-0.15, -0.1) is 0 Å². The molecule has 17 heavy (non-hydrogen) atoms. The van der Waals surface area contributed by atoms with Crippen molar-refractivity contribution in [2.45, 2.75) is 26.5 Å². The van der Waals surface area contributed by atoms with Crippen LogP contribution in [0.15, 0.2) is 6.07 Å². The number of rotatable bonds is 5. The van der Waals surface area contributed by atoms with Crippen LogP contribution in [-0.2, 0) is 16.1 Å². The molecule has 1 aromatic rings. The zero-order valence-corrected chi connectivity index (χ0v) is 9.80. The Balaban J connectivity index is 2.45. The van der Waals surface area contributed by atoms with Crippen LogP contribution in [0.5, 0.6) is 0 Å². The highest BCUT2D eigenvalue weighted by atomic mass is 16.3. The van der Waals surface area contributed by atoms with Gasteiger partial charge >= 0.3 is 0 Å². The topological polar surface area (TPSA) is 110 Å². The lowest BCUT2D eigenvalue weighted by Gasteiger charge is -2.09. The Hall–Kier alpha value is -1.89. The number of nitrogens with two attached hydrogens (primary N) is 1. The average Bonchev–Trinajstić information content (AvgIpc) is 2.53. The highest BCUT2D eigenvalue weighted by molar-refractivity contribution is 5.80. The number of hydrogen-bond donors (Lipinski definition) is 3. The summed E-state index contributed by atoms with van der Waals surface area (Å²) in [6, 6.07) is 1.85. The van der Waals surface area contributed by atoms with Crippen molar-refractivity contribution in [2.24, 2.45) is 5.73 Å². The highest BCUT2D eigenvalue weighted by Crippen LogP contribution is 2.00. The standard InChI is InChI=1S/C10H16N4O3/c1-6-3-7(2)14(13-6)5-9(16)12-4-8(15)10(11)17/h3,8,15H,4-5H2,1-2H3,(H2,11,17)(H,12,16). The Labute approximate surface area is 98.6 Å². The van der Waals surface area contributed by atoms with Gasteiger partial charge in [0.1, 0.15) is 12.6 Å². The lowest BCUT2D eigenvalue weighted by Crippen LogP contribution is -2.41. The predicted molar refractivity (Wildman–Crippen MR) is 59.9 cm³/mol. The van der Waals surface area contributed by atoms with Crippen LogP contribution in [0.25, 0.3) is 0 Å². The lowest BCUT2D eigenvalue weighted by atomic mass is 10.3. The molecule has 1 atom stereocenters. The van der Waals surface area contributed by atoms with Crippen molar-refractivity contribution in [2.75, 3.05) is 6.54 Å². The minimum atomic E-state index is -1.36. The van der Waals surface area contributed by atoms with Gasteiger partial charge in [0.2, 0.25) is 11.8 Å². The quantitative estimate of drug-likeness (QED) is 0.579. The molecule has 0 aliphatic heterocycles. The number of carbonyl (C=O) groups is 2.